The largest absolute Gasteiger partial charge is 0.394 e. The molecule has 3 rings (SSSR count). The quantitative estimate of drug-likeness (QED) is 0.701. The Labute approximate surface area is 117 Å². The molecule has 1 aliphatic heterocycles. The third-order valence-corrected chi connectivity index (χ3v) is 3.56. The Bertz CT molecular complexity index is 652. The summed E-state index contributed by atoms with van der Waals surface area (Å²) in [4.78, 5) is 11.7. The van der Waals surface area contributed by atoms with Crippen LogP contribution in [0.2, 0.25) is 0 Å². The van der Waals surface area contributed by atoms with E-state index < -0.39 is 37.4 Å². The van der Waals surface area contributed by atoms with E-state index in [0.717, 1.165) is 0 Å². The molecule has 4 unspecified atom stereocenters. The highest BCUT2D eigenvalue weighted by Gasteiger charge is 2.49. The number of hydrogen-bond acceptors (Lipinski definition) is 7. The maximum atomic E-state index is 13.0. The number of anilines is 1. The van der Waals surface area contributed by atoms with Crippen molar-refractivity contribution in [1.82, 2.24) is 19.5 Å². The van der Waals surface area contributed by atoms with Crippen LogP contribution in [0.1, 0.15) is 6.23 Å². The van der Waals surface area contributed by atoms with Crippen molar-refractivity contribution in [2.24, 2.45) is 5.92 Å². The van der Waals surface area contributed by atoms with Crippen LogP contribution in [0.4, 0.5) is 14.6 Å². The molecule has 0 saturated carbocycles. The molecule has 1 aliphatic rings. The van der Waals surface area contributed by atoms with Gasteiger partial charge in [0.1, 0.15) is 17.9 Å². The van der Waals surface area contributed by atoms with Gasteiger partial charge in [-0.1, -0.05) is 0 Å². The fraction of sp³-hybridized carbons (Fsp3) is 0.545. The number of rotatable bonds is 3. The fourth-order valence-electron chi connectivity index (χ4n) is 2.52. The fourth-order valence-corrected chi connectivity index (χ4v) is 2.52. The van der Waals surface area contributed by atoms with Crippen LogP contribution in [0.25, 0.3) is 11.2 Å². The second-order valence-corrected chi connectivity index (χ2v) is 4.73. The van der Waals surface area contributed by atoms with Crippen LogP contribution >= 0.6 is 0 Å². The van der Waals surface area contributed by atoms with E-state index in [1.807, 2.05) is 0 Å². The van der Waals surface area contributed by atoms with Gasteiger partial charge in [-0.15, -0.1) is 0 Å². The first-order chi connectivity index (χ1) is 10.0. The molecule has 1 saturated heterocycles. The highest BCUT2D eigenvalue weighted by molar-refractivity contribution is 5.81. The first-order valence-electron chi connectivity index (χ1n) is 6.20. The highest BCUT2D eigenvalue weighted by Crippen LogP contribution is 2.38. The summed E-state index contributed by atoms with van der Waals surface area (Å²) < 4.78 is 32.6. The average Bonchev–Trinajstić information content (AvgIpc) is 3.00. The maximum Gasteiger partial charge on any atom is 0.246 e. The summed E-state index contributed by atoms with van der Waals surface area (Å²) in [7, 11) is 0. The van der Waals surface area contributed by atoms with E-state index in [-0.39, 0.29) is 17.0 Å². The zero-order valence-electron chi connectivity index (χ0n) is 10.7. The summed E-state index contributed by atoms with van der Waals surface area (Å²) in [5.41, 5.74) is 6.19. The van der Waals surface area contributed by atoms with Crippen molar-refractivity contribution < 1.29 is 23.7 Å². The third kappa shape index (κ3) is 2.11. The lowest BCUT2D eigenvalue weighted by Gasteiger charge is -2.18. The number of ether oxygens (including phenoxy) is 1. The van der Waals surface area contributed by atoms with Crippen LogP contribution < -0.4 is 5.73 Å². The predicted molar refractivity (Wildman–Crippen MR) is 66.2 cm³/mol. The van der Waals surface area contributed by atoms with Crippen molar-refractivity contribution in [3.8, 4) is 0 Å². The Balaban J connectivity index is 2.01. The van der Waals surface area contributed by atoms with Crippen LogP contribution in [0, 0.1) is 5.92 Å². The zero-order chi connectivity index (χ0) is 15.1. The number of hydrogen-bond donors (Lipinski definition) is 3. The molecule has 2 aromatic rings. The van der Waals surface area contributed by atoms with Crippen LogP contribution in [-0.2, 0) is 4.74 Å². The van der Waals surface area contributed by atoms with Crippen molar-refractivity contribution in [3.63, 3.8) is 0 Å². The normalized spacial score (nSPS) is 29.6. The van der Waals surface area contributed by atoms with Gasteiger partial charge < -0.3 is 20.7 Å². The molecular weight excluding hydrogens is 288 g/mol. The Morgan fingerprint density at radius 1 is 1.38 bits per heavy atom. The number of nitrogens with two attached hydrogens (primary N) is 1. The molecule has 114 valence electrons. The molecule has 0 radical (unpaired) electrons. The molecule has 0 spiro atoms. The molecule has 1 fully saturated rings. The summed E-state index contributed by atoms with van der Waals surface area (Å²) in [5, 5.41) is 19.2. The number of fused-ring (bicyclic) bond motifs is 1. The highest BCUT2D eigenvalue weighted by atomic mass is 19.3. The maximum absolute atomic E-state index is 13.0. The smallest absolute Gasteiger partial charge is 0.246 e. The number of aromatic nitrogens is 4. The van der Waals surface area contributed by atoms with E-state index >= 15 is 0 Å². The van der Waals surface area contributed by atoms with Gasteiger partial charge in [0, 0.05) is 0 Å². The minimum Gasteiger partial charge on any atom is -0.394 e. The second-order valence-electron chi connectivity index (χ2n) is 4.73. The van der Waals surface area contributed by atoms with Gasteiger partial charge >= 0.3 is 0 Å². The summed E-state index contributed by atoms with van der Waals surface area (Å²) in [6.45, 7) is -0.619. The molecule has 0 amide bonds. The molecule has 2 aromatic heterocycles. The molecule has 4 N–H and O–H groups in total. The number of imidazole rings is 1. The first kappa shape index (κ1) is 14.0. The molecule has 0 aliphatic carbocycles. The molecule has 0 aromatic carbocycles. The van der Waals surface area contributed by atoms with E-state index in [1.165, 1.54) is 17.2 Å². The number of halogens is 2. The van der Waals surface area contributed by atoms with E-state index in [0.29, 0.717) is 0 Å². The lowest BCUT2D eigenvalue weighted by atomic mass is 9.99. The average molecular weight is 301 g/mol. The van der Waals surface area contributed by atoms with Crippen LogP contribution in [0.5, 0.6) is 0 Å². The minimum atomic E-state index is -2.82. The van der Waals surface area contributed by atoms with Gasteiger partial charge in [-0.3, -0.25) is 4.57 Å². The molecule has 8 nitrogen and oxygen atoms in total. The Kier molecular flexibility index (Phi) is 3.43. The third-order valence-electron chi connectivity index (χ3n) is 3.56. The topological polar surface area (TPSA) is 119 Å². The van der Waals surface area contributed by atoms with Crippen LogP contribution in [-0.4, -0.2) is 55.0 Å². The van der Waals surface area contributed by atoms with E-state index in [4.69, 9.17) is 15.6 Å². The van der Waals surface area contributed by atoms with Crippen molar-refractivity contribution in [1.29, 1.82) is 0 Å². The van der Waals surface area contributed by atoms with Gasteiger partial charge in [-0.25, -0.2) is 23.7 Å². The van der Waals surface area contributed by atoms with E-state index in [9.17, 15) is 13.9 Å². The van der Waals surface area contributed by atoms with Gasteiger partial charge in [0.25, 0.3) is 0 Å². The molecule has 4 atom stereocenters. The van der Waals surface area contributed by atoms with Gasteiger partial charge in [0.2, 0.25) is 6.43 Å². The lowest BCUT2D eigenvalue weighted by molar-refractivity contribution is -0.0525. The van der Waals surface area contributed by atoms with Crippen LogP contribution in [0.15, 0.2) is 12.7 Å². The predicted octanol–water partition coefficient (Wildman–Crippen LogP) is -0.460. The van der Waals surface area contributed by atoms with E-state index in [1.54, 1.807) is 0 Å². The zero-order valence-corrected chi connectivity index (χ0v) is 10.7. The Morgan fingerprint density at radius 2 is 2.14 bits per heavy atom. The van der Waals surface area contributed by atoms with Crippen molar-refractivity contribution in [3.05, 3.63) is 12.7 Å². The van der Waals surface area contributed by atoms with Gasteiger partial charge in [0.15, 0.2) is 17.7 Å². The Hall–Kier alpha value is -1.91. The molecule has 3 heterocycles. The number of alkyl halides is 2. The number of aliphatic hydroxyl groups is 2. The summed E-state index contributed by atoms with van der Waals surface area (Å²) in [5.74, 6) is -1.35. The first-order valence-corrected chi connectivity index (χ1v) is 6.20. The van der Waals surface area contributed by atoms with Crippen molar-refractivity contribution in [2.75, 3.05) is 12.3 Å². The summed E-state index contributed by atoms with van der Waals surface area (Å²) in [6, 6.07) is 0. The van der Waals surface area contributed by atoms with Crippen molar-refractivity contribution in [2.45, 2.75) is 24.9 Å². The monoisotopic (exact) mass is 301 g/mol. The van der Waals surface area contributed by atoms with Gasteiger partial charge in [-0.2, -0.15) is 0 Å². The van der Waals surface area contributed by atoms with Crippen LogP contribution in [0.3, 0.4) is 0 Å². The standard InChI is InChI=1S/C11H13F2N5O3/c12-8(13)5-4(1-19)21-11(7(5)20)18-3-17-6-9(14)15-2-16-10(6)18/h2-5,7-8,11,19-20H,1H2,(H2,14,15,16). The Morgan fingerprint density at radius 3 is 2.76 bits per heavy atom. The minimum absolute atomic E-state index is 0.135. The lowest BCUT2D eigenvalue weighted by Crippen LogP contribution is -2.33. The number of nitrogen functional groups attached to an aromatic ring is 1. The SMILES string of the molecule is Nc1ncnc2c1ncn2C1OC(CO)C(C(F)F)C1O. The summed E-state index contributed by atoms with van der Waals surface area (Å²) in [6.07, 6.45) is -4.13. The van der Waals surface area contributed by atoms with Gasteiger partial charge in [0.05, 0.1) is 25.0 Å². The second kappa shape index (κ2) is 5.13. The molecule has 21 heavy (non-hydrogen) atoms. The van der Waals surface area contributed by atoms with Gasteiger partial charge in [-0.05, 0) is 0 Å². The molecular formula is C11H13F2N5O3. The number of aliphatic hydroxyl groups excluding tert-OH is 2. The number of nitrogens with zero attached hydrogens (tertiary/aromatic N) is 4. The van der Waals surface area contributed by atoms with E-state index in [2.05, 4.69) is 15.0 Å². The molecule has 0 bridgehead atoms. The summed E-state index contributed by atoms with van der Waals surface area (Å²) >= 11 is 0. The molecule has 10 heteroatoms. The van der Waals surface area contributed by atoms with Crippen molar-refractivity contribution >= 4 is 17.0 Å².